The molecule has 29 heavy (non-hydrogen) atoms. The van der Waals surface area contributed by atoms with Gasteiger partial charge in [0.2, 0.25) is 0 Å². The van der Waals surface area contributed by atoms with Gasteiger partial charge in [0, 0.05) is 35.9 Å². The van der Waals surface area contributed by atoms with Crippen molar-refractivity contribution in [3.63, 3.8) is 0 Å². The van der Waals surface area contributed by atoms with Crippen LogP contribution in [-0.2, 0) is 16.1 Å². The van der Waals surface area contributed by atoms with E-state index in [-0.39, 0.29) is 11.1 Å². The molecular formula is C21H19Cl2NO4S. The number of halogens is 2. The maximum atomic E-state index is 12.4. The van der Waals surface area contributed by atoms with Crippen molar-refractivity contribution in [2.24, 2.45) is 0 Å². The van der Waals surface area contributed by atoms with Crippen LogP contribution in [0.1, 0.15) is 17.5 Å². The minimum Gasteiger partial charge on any atom is -0.489 e. The number of carbonyl (C=O) groups excluding carboxylic acids is 2. The summed E-state index contributed by atoms with van der Waals surface area (Å²) < 4.78 is 10.7. The van der Waals surface area contributed by atoms with Gasteiger partial charge >= 0.3 is 0 Å². The summed E-state index contributed by atoms with van der Waals surface area (Å²) in [6.07, 6.45) is 2.33. The molecule has 0 spiro atoms. The minimum atomic E-state index is -0.270. The number of carbonyl (C=O) groups is 2. The third-order valence-electron chi connectivity index (χ3n) is 4.19. The van der Waals surface area contributed by atoms with Gasteiger partial charge < -0.3 is 9.47 Å². The second kappa shape index (κ2) is 10.2. The van der Waals surface area contributed by atoms with Crippen molar-refractivity contribution in [3.05, 3.63) is 68.5 Å². The molecule has 1 heterocycles. The van der Waals surface area contributed by atoms with E-state index in [2.05, 4.69) is 0 Å². The largest absolute Gasteiger partial charge is 0.489 e. The fourth-order valence-corrected chi connectivity index (χ4v) is 4.00. The Kier molecular flexibility index (Phi) is 7.61. The number of imide groups is 1. The molecule has 0 radical (unpaired) electrons. The van der Waals surface area contributed by atoms with Crippen LogP contribution in [0, 0.1) is 0 Å². The molecule has 1 aliphatic heterocycles. The normalized spacial score (nSPS) is 15.4. The van der Waals surface area contributed by atoms with Gasteiger partial charge in [-0.2, -0.15) is 0 Å². The summed E-state index contributed by atoms with van der Waals surface area (Å²) in [5.41, 5.74) is 1.64. The van der Waals surface area contributed by atoms with Crippen LogP contribution in [0.15, 0.2) is 47.4 Å². The van der Waals surface area contributed by atoms with Crippen LogP contribution in [0.3, 0.4) is 0 Å². The van der Waals surface area contributed by atoms with E-state index in [9.17, 15) is 9.59 Å². The Morgan fingerprint density at radius 3 is 2.55 bits per heavy atom. The smallest absolute Gasteiger partial charge is 0.293 e. The van der Waals surface area contributed by atoms with Crippen LogP contribution in [0.4, 0.5) is 4.79 Å². The molecule has 5 nitrogen and oxygen atoms in total. The van der Waals surface area contributed by atoms with E-state index < -0.39 is 0 Å². The fourth-order valence-electron chi connectivity index (χ4n) is 2.67. The summed E-state index contributed by atoms with van der Waals surface area (Å²) in [6.45, 7) is 1.18. The van der Waals surface area contributed by atoms with Gasteiger partial charge in [0.15, 0.2) is 0 Å². The van der Waals surface area contributed by atoms with Gasteiger partial charge in [0.25, 0.3) is 11.1 Å². The Hall–Kier alpha value is -1.99. The number of methoxy groups -OCH3 is 1. The molecule has 152 valence electrons. The van der Waals surface area contributed by atoms with Crippen LogP contribution in [0.5, 0.6) is 5.75 Å². The summed E-state index contributed by atoms with van der Waals surface area (Å²) >= 11 is 13.0. The zero-order valence-electron chi connectivity index (χ0n) is 15.7. The predicted octanol–water partition coefficient (Wildman–Crippen LogP) is 5.65. The third kappa shape index (κ3) is 5.76. The number of hydrogen-bond acceptors (Lipinski definition) is 5. The first kappa shape index (κ1) is 21.7. The van der Waals surface area contributed by atoms with Crippen molar-refractivity contribution in [1.82, 2.24) is 4.90 Å². The average Bonchev–Trinajstić information content (AvgIpc) is 2.96. The molecule has 0 unspecified atom stereocenters. The Bertz CT molecular complexity index is 931. The van der Waals surface area contributed by atoms with Crippen LogP contribution in [0.25, 0.3) is 6.08 Å². The lowest BCUT2D eigenvalue weighted by Gasteiger charge is -2.11. The molecule has 0 aliphatic carbocycles. The highest BCUT2D eigenvalue weighted by atomic mass is 35.5. The summed E-state index contributed by atoms with van der Waals surface area (Å²) in [7, 11) is 1.59. The van der Waals surface area contributed by atoms with E-state index in [1.165, 1.54) is 4.90 Å². The Balaban J connectivity index is 1.61. The van der Waals surface area contributed by atoms with Gasteiger partial charge in [-0.1, -0.05) is 41.4 Å². The molecule has 2 aromatic carbocycles. The molecule has 0 N–H and O–H groups in total. The van der Waals surface area contributed by atoms with Crippen molar-refractivity contribution >= 4 is 52.2 Å². The van der Waals surface area contributed by atoms with Crippen LogP contribution in [-0.4, -0.2) is 36.3 Å². The number of hydrogen-bond donors (Lipinski definition) is 0. The molecule has 1 aliphatic rings. The van der Waals surface area contributed by atoms with Gasteiger partial charge in [-0.15, -0.1) is 0 Å². The Labute approximate surface area is 183 Å². The Morgan fingerprint density at radius 2 is 1.86 bits per heavy atom. The number of ether oxygens (including phenoxy) is 2. The lowest BCUT2D eigenvalue weighted by atomic mass is 10.2. The lowest BCUT2D eigenvalue weighted by Crippen LogP contribution is -2.29. The third-order valence-corrected chi connectivity index (χ3v) is 5.69. The predicted molar refractivity (Wildman–Crippen MR) is 116 cm³/mol. The highest BCUT2D eigenvalue weighted by Gasteiger charge is 2.34. The second-order valence-electron chi connectivity index (χ2n) is 6.27. The number of thioether (sulfide) groups is 1. The molecule has 2 amide bonds. The number of rotatable bonds is 8. The summed E-state index contributed by atoms with van der Waals surface area (Å²) in [6, 6.07) is 12.5. The highest BCUT2D eigenvalue weighted by molar-refractivity contribution is 8.18. The topological polar surface area (TPSA) is 55.8 Å². The number of amides is 2. The van der Waals surface area contributed by atoms with Gasteiger partial charge in [-0.05, 0) is 54.1 Å². The summed E-state index contributed by atoms with van der Waals surface area (Å²) in [5.74, 6) is 0.398. The average molecular weight is 452 g/mol. The zero-order chi connectivity index (χ0) is 20.8. The SMILES string of the molecule is COCCCN1C(=O)S/C(=C/c2ccc(OCc3ccc(Cl)cc3Cl)cc2)C1=O. The van der Waals surface area contributed by atoms with Crippen molar-refractivity contribution < 1.29 is 19.1 Å². The van der Waals surface area contributed by atoms with Gasteiger partial charge in [0.1, 0.15) is 12.4 Å². The zero-order valence-corrected chi connectivity index (χ0v) is 18.0. The first-order chi connectivity index (χ1) is 14.0. The quantitative estimate of drug-likeness (QED) is 0.383. The van der Waals surface area contributed by atoms with Crippen molar-refractivity contribution in [3.8, 4) is 5.75 Å². The lowest BCUT2D eigenvalue weighted by molar-refractivity contribution is -0.122. The van der Waals surface area contributed by atoms with E-state index in [1.54, 1.807) is 37.5 Å². The van der Waals surface area contributed by atoms with E-state index in [0.717, 1.165) is 22.9 Å². The summed E-state index contributed by atoms with van der Waals surface area (Å²) in [5, 5.41) is 0.874. The number of benzene rings is 2. The highest BCUT2D eigenvalue weighted by Crippen LogP contribution is 2.32. The molecule has 1 fully saturated rings. The van der Waals surface area contributed by atoms with Crippen LogP contribution in [0.2, 0.25) is 10.0 Å². The molecule has 8 heteroatoms. The molecular weight excluding hydrogens is 433 g/mol. The first-order valence-electron chi connectivity index (χ1n) is 8.89. The first-order valence-corrected chi connectivity index (χ1v) is 10.5. The standard InChI is InChI=1S/C21H19Cl2NO4S/c1-27-10-2-9-24-20(25)19(29-21(24)26)11-14-3-7-17(8-4-14)28-13-15-5-6-16(22)12-18(15)23/h3-8,11-12H,2,9-10,13H2,1H3/b19-11+. The minimum absolute atomic E-state index is 0.253. The molecule has 0 saturated carbocycles. The van der Waals surface area contributed by atoms with Gasteiger partial charge in [-0.25, -0.2) is 0 Å². The van der Waals surface area contributed by atoms with E-state index in [0.29, 0.717) is 46.9 Å². The molecule has 1 saturated heterocycles. The number of nitrogens with zero attached hydrogens (tertiary/aromatic N) is 1. The van der Waals surface area contributed by atoms with Gasteiger partial charge in [-0.3, -0.25) is 14.5 Å². The molecule has 0 bridgehead atoms. The molecule has 0 atom stereocenters. The molecule has 3 rings (SSSR count). The Morgan fingerprint density at radius 1 is 1.10 bits per heavy atom. The van der Waals surface area contributed by atoms with Gasteiger partial charge in [0.05, 0.1) is 4.91 Å². The fraction of sp³-hybridized carbons (Fsp3) is 0.238. The molecule has 2 aromatic rings. The van der Waals surface area contributed by atoms with Crippen molar-refractivity contribution in [2.75, 3.05) is 20.3 Å². The second-order valence-corrected chi connectivity index (χ2v) is 8.11. The van der Waals surface area contributed by atoms with E-state index in [1.807, 2.05) is 18.2 Å². The monoisotopic (exact) mass is 451 g/mol. The summed E-state index contributed by atoms with van der Waals surface area (Å²) in [4.78, 5) is 26.1. The van der Waals surface area contributed by atoms with Crippen LogP contribution < -0.4 is 4.74 Å². The molecule has 0 aromatic heterocycles. The van der Waals surface area contributed by atoms with E-state index >= 15 is 0 Å². The van der Waals surface area contributed by atoms with Crippen LogP contribution >= 0.6 is 35.0 Å². The van der Waals surface area contributed by atoms with Crippen molar-refractivity contribution in [2.45, 2.75) is 13.0 Å². The maximum absolute atomic E-state index is 12.4. The maximum Gasteiger partial charge on any atom is 0.293 e. The van der Waals surface area contributed by atoms with E-state index in [4.69, 9.17) is 32.7 Å². The van der Waals surface area contributed by atoms with Crippen molar-refractivity contribution in [1.29, 1.82) is 0 Å².